The van der Waals surface area contributed by atoms with E-state index in [0.717, 1.165) is 32.1 Å². The number of hydrogen-bond acceptors (Lipinski definition) is 3. The highest BCUT2D eigenvalue weighted by Crippen LogP contribution is 2.28. The molecule has 24 heavy (non-hydrogen) atoms. The standard InChI is InChI=1S/C18H25N3O3/c1-2-5-11-6-3-4-7-15(11)21-18(24)14-9-12(16(19)22)8-13(10-14)17(20)23/h8-11,15H,2-7H2,1H3,(H2,19,22)(H2,20,23)(H,21,24). The Morgan fingerprint density at radius 3 is 2.08 bits per heavy atom. The summed E-state index contributed by atoms with van der Waals surface area (Å²) in [5.74, 6) is -1.22. The predicted molar refractivity (Wildman–Crippen MR) is 91.6 cm³/mol. The van der Waals surface area contributed by atoms with E-state index in [-0.39, 0.29) is 28.6 Å². The van der Waals surface area contributed by atoms with E-state index < -0.39 is 11.8 Å². The van der Waals surface area contributed by atoms with Gasteiger partial charge in [-0.1, -0.05) is 26.2 Å². The lowest BCUT2D eigenvalue weighted by atomic mass is 9.81. The predicted octanol–water partition coefficient (Wildman–Crippen LogP) is 1.97. The third-order valence-corrected chi connectivity index (χ3v) is 4.65. The molecular weight excluding hydrogens is 306 g/mol. The Bertz CT molecular complexity index is 608. The average Bonchev–Trinajstić information content (AvgIpc) is 2.56. The fraction of sp³-hybridized carbons (Fsp3) is 0.500. The molecule has 6 heteroatoms. The van der Waals surface area contributed by atoms with E-state index in [1.807, 2.05) is 0 Å². The smallest absolute Gasteiger partial charge is 0.251 e. The molecule has 0 aromatic heterocycles. The molecule has 0 saturated heterocycles. The van der Waals surface area contributed by atoms with Gasteiger partial charge in [-0.3, -0.25) is 14.4 Å². The lowest BCUT2D eigenvalue weighted by Crippen LogP contribution is -2.42. The molecule has 0 bridgehead atoms. The minimum absolute atomic E-state index is 0.102. The Morgan fingerprint density at radius 1 is 1.00 bits per heavy atom. The normalized spacial score (nSPS) is 20.4. The number of carbonyl (C=O) groups is 3. The van der Waals surface area contributed by atoms with E-state index in [1.54, 1.807) is 0 Å². The van der Waals surface area contributed by atoms with Crippen molar-refractivity contribution in [1.82, 2.24) is 5.32 Å². The van der Waals surface area contributed by atoms with Gasteiger partial charge < -0.3 is 16.8 Å². The third-order valence-electron chi connectivity index (χ3n) is 4.65. The first-order valence-corrected chi connectivity index (χ1v) is 8.48. The molecule has 0 aliphatic heterocycles. The van der Waals surface area contributed by atoms with Crippen molar-refractivity contribution < 1.29 is 14.4 Å². The first-order valence-electron chi connectivity index (χ1n) is 8.48. The molecule has 0 radical (unpaired) electrons. The zero-order valence-corrected chi connectivity index (χ0v) is 14.0. The van der Waals surface area contributed by atoms with Crippen LogP contribution < -0.4 is 16.8 Å². The minimum atomic E-state index is -0.700. The van der Waals surface area contributed by atoms with Gasteiger partial charge in [-0.2, -0.15) is 0 Å². The van der Waals surface area contributed by atoms with Gasteiger partial charge in [0.05, 0.1) is 0 Å². The van der Waals surface area contributed by atoms with Gasteiger partial charge >= 0.3 is 0 Å². The van der Waals surface area contributed by atoms with E-state index in [1.165, 1.54) is 24.6 Å². The Balaban J connectivity index is 2.21. The van der Waals surface area contributed by atoms with E-state index in [0.29, 0.717) is 5.92 Å². The van der Waals surface area contributed by atoms with Crippen molar-refractivity contribution in [1.29, 1.82) is 0 Å². The molecule has 1 saturated carbocycles. The summed E-state index contributed by atoms with van der Waals surface area (Å²) in [6.45, 7) is 2.14. The van der Waals surface area contributed by atoms with Crippen molar-refractivity contribution >= 4 is 17.7 Å². The van der Waals surface area contributed by atoms with Crippen LogP contribution in [0.4, 0.5) is 0 Å². The van der Waals surface area contributed by atoms with Gasteiger partial charge in [0, 0.05) is 22.7 Å². The second-order valence-electron chi connectivity index (χ2n) is 6.44. The molecule has 0 spiro atoms. The quantitative estimate of drug-likeness (QED) is 0.740. The number of rotatable bonds is 6. The third kappa shape index (κ3) is 4.34. The molecule has 1 aromatic carbocycles. The van der Waals surface area contributed by atoms with Crippen LogP contribution in [0.1, 0.15) is 76.5 Å². The molecule has 1 aliphatic rings. The monoisotopic (exact) mass is 331 g/mol. The molecule has 2 rings (SSSR count). The molecule has 130 valence electrons. The number of hydrogen-bond donors (Lipinski definition) is 3. The summed E-state index contributed by atoms with van der Waals surface area (Å²) in [5.41, 5.74) is 11.0. The van der Waals surface area contributed by atoms with Crippen LogP contribution in [0.25, 0.3) is 0 Å². The molecule has 3 amide bonds. The van der Waals surface area contributed by atoms with Crippen molar-refractivity contribution in [3.63, 3.8) is 0 Å². The van der Waals surface area contributed by atoms with Crippen LogP contribution in [0.15, 0.2) is 18.2 Å². The highest BCUT2D eigenvalue weighted by atomic mass is 16.2. The lowest BCUT2D eigenvalue weighted by Gasteiger charge is -2.32. The summed E-state index contributed by atoms with van der Waals surface area (Å²) in [5, 5.41) is 3.06. The molecule has 1 aromatic rings. The van der Waals surface area contributed by atoms with Crippen molar-refractivity contribution in [3.05, 3.63) is 34.9 Å². The van der Waals surface area contributed by atoms with Crippen LogP contribution in [0, 0.1) is 5.92 Å². The van der Waals surface area contributed by atoms with Gasteiger partial charge in [-0.15, -0.1) is 0 Å². The Morgan fingerprint density at radius 2 is 1.54 bits per heavy atom. The van der Waals surface area contributed by atoms with Crippen LogP contribution in [0.2, 0.25) is 0 Å². The summed E-state index contributed by atoms with van der Waals surface area (Å²) in [4.78, 5) is 35.4. The maximum absolute atomic E-state index is 12.6. The molecule has 6 nitrogen and oxygen atoms in total. The molecular formula is C18H25N3O3. The first kappa shape index (κ1) is 18.0. The Hall–Kier alpha value is -2.37. The highest BCUT2D eigenvalue weighted by molar-refractivity contribution is 6.03. The van der Waals surface area contributed by atoms with Crippen molar-refractivity contribution in [2.24, 2.45) is 17.4 Å². The van der Waals surface area contributed by atoms with Gasteiger partial charge in [0.25, 0.3) is 5.91 Å². The van der Waals surface area contributed by atoms with Gasteiger partial charge in [0.1, 0.15) is 0 Å². The number of carbonyl (C=O) groups excluding carboxylic acids is 3. The molecule has 2 unspecified atom stereocenters. The zero-order valence-electron chi connectivity index (χ0n) is 14.0. The van der Waals surface area contributed by atoms with Crippen LogP contribution in [-0.4, -0.2) is 23.8 Å². The van der Waals surface area contributed by atoms with E-state index in [4.69, 9.17) is 11.5 Å². The lowest BCUT2D eigenvalue weighted by molar-refractivity contribution is 0.0903. The molecule has 1 aliphatic carbocycles. The van der Waals surface area contributed by atoms with Crippen molar-refractivity contribution in [2.45, 2.75) is 51.5 Å². The van der Waals surface area contributed by atoms with Gasteiger partial charge in [-0.25, -0.2) is 0 Å². The second-order valence-corrected chi connectivity index (χ2v) is 6.44. The van der Waals surface area contributed by atoms with Crippen LogP contribution in [0.5, 0.6) is 0 Å². The number of benzene rings is 1. The fourth-order valence-electron chi connectivity index (χ4n) is 3.41. The summed E-state index contributed by atoms with van der Waals surface area (Å²) in [7, 11) is 0. The molecule has 1 fully saturated rings. The van der Waals surface area contributed by atoms with Crippen molar-refractivity contribution in [3.8, 4) is 0 Å². The number of nitrogens with two attached hydrogens (primary N) is 2. The van der Waals surface area contributed by atoms with Gasteiger partial charge in [0.2, 0.25) is 11.8 Å². The second kappa shape index (κ2) is 7.95. The van der Waals surface area contributed by atoms with Crippen LogP contribution in [0.3, 0.4) is 0 Å². The van der Waals surface area contributed by atoms with Crippen LogP contribution in [-0.2, 0) is 0 Å². The summed E-state index contributed by atoms with van der Waals surface area (Å²) in [6.07, 6.45) is 6.53. The highest BCUT2D eigenvalue weighted by Gasteiger charge is 2.26. The number of nitrogens with one attached hydrogen (secondary N) is 1. The minimum Gasteiger partial charge on any atom is -0.366 e. The zero-order chi connectivity index (χ0) is 17.7. The summed E-state index contributed by atoms with van der Waals surface area (Å²) < 4.78 is 0. The average molecular weight is 331 g/mol. The SMILES string of the molecule is CCCC1CCCCC1NC(=O)c1cc(C(N)=O)cc(C(N)=O)c1. The van der Waals surface area contributed by atoms with Gasteiger partial charge in [0.15, 0.2) is 0 Å². The maximum atomic E-state index is 12.6. The molecule has 0 heterocycles. The van der Waals surface area contributed by atoms with Crippen molar-refractivity contribution in [2.75, 3.05) is 0 Å². The molecule has 2 atom stereocenters. The molecule has 5 N–H and O–H groups in total. The first-order chi connectivity index (χ1) is 11.4. The topological polar surface area (TPSA) is 115 Å². The van der Waals surface area contributed by atoms with Crippen LogP contribution >= 0.6 is 0 Å². The fourth-order valence-corrected chi connectivity index (χ4v) is 3.41. The Labute approximate surface area is 142 Å². The maximum Gasteiger partial charge on any atom is 0.251 e. The summed E-state index contributed by atoms with van der Waals surface area (Å²) in [6, 6.07) is 4.24. The number of amides is 3. The van der Waals surface area contributed by atoms with E-state index >= 15 is 0 Å². The van der Waals surface area contributed by atoms with E-state index in [9.17, 15) is 14.4 Å². The Kier molecular flexibility index (Phi) is 5.95. The summed E-state index contributed by atoms with van der Waals surface area (Å²) >= 11 is 0. The van der Waals surface area contributed by atoms with E-state index in [2.05, 4.69) is 12.2 Å². The largest absolute Gasteiger partial charge is 0.366 e. The number of primary amides is 2. The van der Waals surface area contributed by atoms with Gasteiger partial charge in [-0.05, 0) is 43.4 Å².